The van der Waals surface area contributed by atoms with Crippen molar-refractivity contribution >= 4 is 17.7 Å². The normalized spacial score (nSPS) is 22.5. The van der Waals surface area contributed by atoms with Gasteiger partial charge in [-0.25, -0.2) is 0 Å². The first-order chi connectivity index (χ1) is 15.0. The lowest BCUT2D eigenvalue weighted by Gasteiger charge is -2.44. The summed E-state index contributed by atoms with van der Waals surface area (Å²) < 4.78 is 11.5. The lowest BCUT2D eigenvalue weighted by molar-refractivity contribution is -0.144. The lowest BCUT2D eigenvalue weighted by Crippen LogP contribution is -2.60. The topological polar surface area (TPSA) is 88.2 Å². The summed E-state index contributed by atoms with van der Waals surface area (Å²) in [4.78, 5) is 42.5. The van der Waals surface area contributed by atoms with E-state index in [1.165, 1.54) is 0 Å². The molecule has 3 aliphatic rings. The number of rotatable bonds is 6. The average Bonchev–Trinajstić information content (AvgIpc) is 3.59. The Kier molecular flexibility index (Phi) is 6.18. The van der Waals surface area contributed by atoms with Crippen LogP contribution in [0.25, 0.3) is 0 Å². The zero-order valence-corrected chi connectivity index (χ0v) is 18.3. The number of carbonyl (C=O) groups is 3. The first-order valence-corrected chi connectivity index (χ1v) is 11.2. The molecule has 8 heteroatoms. The van der Waals surface area contributed by atoms with Crippen LogP contribution in [0, 0.1) is 5.92 Å². The van der Waals surface area contributed by atoms with Gasteiger partial charge >= 0.3 is 0 Å². The van der Waals surface area contributed by atoms with E-state index in [9.17, 15) is 14.4 Å². The molecule has 1 unspecified atom stereocenters. The summed E-state index contributed by atoms with van der Waals surface area (Å²) in [5.74, 6) is 0.495. The van der Waals surface area contributed by atoms with Crippen molar-refractivity contribution in [1.29, 1.82) is 0 Å². The average molecular weight is 430 g/mol. The third kappa shape index (κ3) is 4.26. The highest BCUT2D eigenvalue weighted by atomic mass is 16.5. The van der Waals surface area contributed by atoms with Gasteiger partial charge < -0.3 is 19.7 Å². The Labute approximate surface area is 182 Å². The molecule has 8 nitrogen and oxygen atoms in total. The number of nitrogens with zero attached hydrogens (tertiary/aromatic N) is 2. The van der Waals surface area contributed by atoms with Gasteiger partial charge in [0, 0.05) is 44.0 Å². The highest BCUT2D eigenvalue weighted by Gasteiger charge is 2.54. The fourth-order valence-electron chi connectivity index (χ4n) is 4.49. The second-order valence-corrected chi connectivity index (χ2v) is 8.57. The smallest absolute Gasteiger partial charge is 0.257 e. The van der Waals surface area contributed by atoms with Crippen LogP contribution >= 0.6 is 0 Å². The van der Waals surface area contributed by atoms with Crippen LogP contribution in [0.15, 0.2) is 24.3 Å². The van der Waals surface area contributed by atoms with Gasteiger partial charge in [-0.1, -0.05) is 13.0 Å². The number of nitrogens with one attached hydrogen (secondary N) is 1. The predicted molar refractivity (Wildman–Crippen MR) is 113 cm³/mol. The van der Waals surface area contributed by atoms with Crippen molar-refractivity contribution in [3.63, 3.8) is 0 Å². The number of hydrogen-bond donors (Lipinski definition) is 1. The maximum atomic E-state index is 13.6. The Bertz CT molecular complexity index is 845. The molecule has 1 atom stereocenters. The van der Waals surface area contributed by atoms with E-state index in [0.29, 0.717) is 43.8 Å². The first-order valence-electron chi connectivity index (χ1n) is 11.2. The third-order valence-electron chi connectivity index (χ3n) is 6.43. The zero-order chi connectivity index (χ0) is 22.0. The van der Waals surface area contributed by atoms with Crippen LogP contribution in [-0.2, 0) is 14.3 Å². The maximum absolute atomic E-state index is 13.6. The molecule has 1 aromatic carbocycles. The predicted octanol–water partition coefficient (Wildman–Crippen LogP) is 1.79. The van der Waals surface area contributed by atoms with Gasteiger partial charge in [0.1, 0.15) is 17.5 Å². The summed E-state index contributed by atoms with van der Waals surface area (Å²) in [7, 11) is 1.55. The Balaban J connectivity index is 1.58. The van der Waals surface area contributed by atoms with Crippen molar-refractivity contribution < 1.29 is 23.9 Å². The molecular formula is C23H31N3O5. The number of carbonyl (C=O) groups excluding carboxylic acids is 3. The Morgan fingerprint density at radius 1 is 1.23 bits per heavy atom. The van der Waals surface area contributed by atoms with E-state index in [1.807, 2.05) is 11.8 Å². The molecule has 31 heavy (non-hydrogen) atoms. The molecule has 2 aliphatic heterocycles. The van der Waals surface area contributed by atoms with Crippen LogP contribution in [0.4, 0.5) is 0 Å². The molecule has 0 radical (unpaired) electrons. The minimum atomic E-state index is -0.880. The molecule has 2 saturated heterocycles. The molecule has 3 amide bonds. The van der Waals surface area contributed by atoms with Crippen LogP contribution in [0.5, 0.6) is 5.75 Å². The van der Waals surface area contributed by atoms with Crippen molar-refractivity contribution in [2.45, 2.75) is 50.8 Å². The van der Waals surface area contributed by atoms with Crippen molar-refractivity contribution in [2.24, 2.45) is 5.92 Å². The first kappa shape index (κ1) is 21.6. The maximum Gasteiger partial charge on any atom is 0.257 e. The number of piperidine rings is 1. The van der Waals surface area contributed by atoms with E-state index < -0.39 is 11.8 Å². The van der Waals surface area contributed by atoms with Crippen LogP contribution in [0.2, 0.25) is 0 Å². The van der Waals surface area contributed by atoms with Crippen molar-refractivity contribution in [1.82, 2.24) is 15.1 Å². The van der Waals surface area contributed by atoms with E-state index >= 15 is 0 Å². The molecule has 3 fully saturated rings. The highest BCUT2D eigenvalue weighted by molar-refractivity contribution is 5.98. The van der Waals surface area contributed by atoms with Gasteiger partial charge in [0.05, 0.1) is 13.7 Å². The molecule has 4 rings (SSSR count). The monoisotopic (exact) mass is 429 g/mol. The Morgan fingerprint density at radius 2 is 1.97 bits per heavy atom. The molecule has 1 aliphatic carbocycles. The molecular weight excluding hydrogens is 398 g/mol. The molecule has 1 aromatic rings. The number of likely N-dealkylation sites (tertiary alicyclic amines) is 1. The third-order valence-corrected chi connectivity index (χ3v) is 6.43. The van der Waals surface area contributed by atoms with Gasteiger partial charge in [-0.15, -0.1) is 0 Å². The molecule has 1 saturated carbocycles. The second kappa shape index (κ2) is 8.86. The van der Waals surface area contributed by atoms with Crippen molar-refractivity contribution in [3.8, 4) is 5.75 Å². The standard InChI is InChI=1S/C23H31N3O5/c1-3-11-24-20(27)19-15-31-23(9-12-25(13-10-23)21(28)16-7-8-16)26(19)22(29)17-5-4-6-18(14-17)30-2/h4-6,14,16,19H,3,7-13,15H2,1-2H3,(H,24,27). The highest BCUT2D eigenvalue weighted by Crippen LogP contribution is 2.40. The van der Waals surface area contributed by atoms with E-state index in [0.717, 1.165) is 19.3 Å². The molecule has 1 N–H and O–H groups in total. The Morgan fingerprint density at radius 3 is 2.61 bits per heavy atom. The van der Waals surface area contributed by atoms with Crippen LogP contribution in [-0.4, -0.2) is 72.6 Å². The minimum absolute atomic E-state index is 0.155. The van der Waals surface area contributed by atoms with E-state index in [1.54, 1.807) is 36.3 Å². The van der Waals surface area contributed by atoms with Gasteiger partial charge in [0.25, 0.3) is 5.91 Å². The lowest BCUT2D eigenvalue weighted by atomic mass is 9.96. The fraction of sp³-hybridized carbons (Fsp3) is 0.609. The molecule has 0 aromatic heterocycles. The summed E-state index contributed by atoms with van der Waals surface area (Å²) in [6, 6.07) is 6.25. The van der Waals surface area contributed by atoms with Gasteiger partial charge in [0.2, 0.25) is 11.8 Å². The number of ether oxygens (including phenoxy) is 2. The van der Waals surface area contributed by atoms with Gasteiger partial charge in [0.15, 0.2) is 0 Å². The summed E-state index contributed by atoms with van der Waals surface area (Å²) in [5, 5.41) is 2.90. The molecule has 0 bridgehead atoms. The SMILES string of the molecule is CCCNC(=O)C1COC2(CCN(C(=O)C3CC3)CC2)N1C(=O)c1cccc(OC)c1. The van der Waals surface area contributed by atoms with Crippen molar-refractivity contribution in [3.05, 3.63) is 29.8 Å². The molecule has 168 valence electrons. The van der Waals surface area contributed by atoms with Crippen LogP contribution in [0.1, 0.15) is 49.4 Å². The minimum Gasteiger partial charge on any atom is -0.497 e. The van der Waals surface area contributed by atoms with Gasteiger partial charge in [-0.2, -0.15) is 0 Å². The number of methoxy groups -OCH3 is 1. The molecule has 2 heterocycles. The van der Waals surface area contributed by atoms with E-state index in [4.69, 9.17) is 9.47 Å². The Hall–Kier alpha value is -2.61. The largest absolute Gasteiger partial charge is 0.497 e. The summed E-state index contributed by atoms with van der Waals surface area (Å²) in [6.45, 7) is 3.74. The zero-order valence-electron chi connectivity index (χ0n) is 18.3. The van der Waals surface area contributed by atoms with E-state index in [-0.39, 0.29) is 30.2 Å². The molecule has 1 spiro atoms. The fourth-order valence-corrected chi connectivity index (χ4v) is 4.49. The van der Waals surface area contributed by atoms with Gasteiger partial charge in [-0.05, 0) is 37.5 Å². The summed E-state index contributed by atoms with van der Waals surface area (Å²) in [5.41, 5.74) is -0.427. The quantitative estimate of drug-likeness (QED) is 0.745. The number of amides is 3. The van der Waals surface area contributed by atoms with Crippen LogP contribution < -0.4 is 10.1 Å². The summed E-state index contributed by atoms with van der Waals surface area (Å²) in [6.07, 6.45) is 3.75. The second-order valence-electron chi connectivity index (χ2n) is 8.57. The van der Waals surface area contributed by atoms with Crippen molar-refractivity contribution in [2.75, 3.05) is 33.4 Å². The van der Waals surface area contributed by atoms with Crippen LogP contribution in [0.3, 0.4) is 0 Å². The number of benzene rings is 1. The van der Waals surface area contributed by atoms with E-state index in [2.05, 4.69) is 5.32 Å². The van der Waals surface area contributed by atoms with Gasteiger partial charge in [-0.3, -0.25) is 19.3 Å². The summed E-state index contributed by atoms with van der Waals surface area (Å²) >= 11 is 0. The number of hydrogen-bond acceptors (Lipinski definition) is 5.